The third-order valence-electron chi connectivity index (χ3n) is 4.99. The molecule has 0 unspecified atom stereocenters. The first-order valence-electron chi connectivity index (χ1n) is 8.82. The summed E-state index contributed by atoms with van der Waals surface area (Å²) in [5.41, 5.74) is 5.35. The minimum Gasteiger partial charge on any atom is -0.337 e. The van der Waals surface area contributed by atoms with Gasteiger partial charge in [-0.3, -0.25) is 9.89 Å². The third kappa shape index (κ3) is 3.14. The van der Waals surface area contributed by atoms with Crippen molar-refractivity contribution in [2.75, 3.05) is 13.1 Å². The first-order valence-corrected chi connectivity index (χ1v) is 9.59. The van der Waals surface area contributed by atoms with Gasteiger partial charge in [-0.15, -0.1) is 5.10 Å². The lowest BCUT2D eigenvalue weighted by Crippen LogP contribution is -2.39. The second-order valence-electron chi connectivity index (χ2n) is 6.84. The fourth-order valence-electron chi connectivity index (χ4n) is 3.54. The second kappa shape index (κ2) is 6.99. The molecular weight excluding hydrogens is 346 g/mol. The van der Waals surface area contributed by atoms with Crippen LogP contribution in [0.2, 0.25) is 0 Å². The number of aryl methyl sites for hydroxylation is 2. The van der Waals surface area contributed by atoms with E-state index in [2.05, 4.69) is 51.0 Å². The number of likely N-dealkylation sites (tertiary alicyclic amines) is 1. The molecule has 2 aromatic heterocycles. The summed E-state index contributed by atoms with van der Waals surface area (Å²) in [5.74, 6) is 0.297. The van der Waals surface area contributed by atoms with E-state index in [-0.39, 0.29) is 11.8 Å². The number of carbonyl (C=O) groups is 1. The summed E-state index contributed by atoms with van der Waals surface area (Å²) in [6.07, 6.45) is 3.91. The Labute approximate surface area is 156 Å². The normalized spacial score (nSPS) is 17.5. The molecule has 0 spiro atoms. The van der Waals surface area contributed by atoms with Crippen LogP contribution in [-0.2, 0) is 0 Å². The average molecular weight is 367 g/mol. The van der Waals surface area contributed by atoms with E-state index in [0.717, 1.165) is 36.2 Å². The summed E-state index contributed by atoms with van der Waals surface area (Å²) in [7, 11) is 0. The number of hydrogen-bond acceptors (Lipinski definition) is 5. The number of aromatic nitrogens is 4. The van der Waals surface area contributed by atoms with E-state index >= 15 is 0 Å². The highest BCUT2D eigenvalue weighted by molar-refractivity contribution is 7.07. The van der Waals surface area contributed by atoms with Crippen molar-refractivity contribution < 1.29 is 4.79 Å². The SMILES string of the molecule is Cc1ccc(-c2cn[nH]c2[C@@H]2CCCN(C(=O)c3snnc3C)C2)cc1. The van der Waals surface area contributed by atoms with Gasteiger partial charge in [0.1, 0.15) is 4.88 Å². The lowest BCUT2D eigenvalue weighted by Gasteiger charge is -2.32. The fraction of sp³-hybridized carbons (Fsp3) is 0.368. The van der Waals surface area contributed by atoms with Crippen LogP contribution in [0.4, 0.5) is 0 Å². The maximum atomic E-state index is 12.8. The zero-order valence-corrected chi connectivity index (χ0v) is 15.7. The molecular formula is C19H21N5OS. The first kappa shape index (κ1) is 16.9. The van der Waals surface area contributed by atoms with Crippen molar-refractivity contribution in [3.05, 3.63) is 52.3 Å². The number of piperidine rings is 1. The van der Waals surface area contributed by atoms with Crippen LogP contribution in [0.25, 0.3) is 11.1 Å². The van der Waals surface area contributed by atoms with Crippen LogP contribution in [0.3, 0.4) is 0 Å². The summed E-state index contributed by atoms with van der Waals surface area (Å²) in [5, 5.41) is 11.4. The number of amides is 1. The topological polar surface area (TPSA) is 74.8 Å². The molecule has 0 aliphatic carbocycles. The molecule has 1 N–H and O–H groups in total. The van der Waals surface area contributed by atoms with Crippen molar-refractivity contribution in [3.63, 3.8) is 0 Å². The molecule has 4 rings (SSSR count). The first-order chi connectivity index (χ1) is 12.6. The number of rotatable bonds is 3. The van der Waals surface area contributed by atoms with Crippen LogP contribution < -0.4 is 0 Å². The molecule has 0 saturated carbocycles. The van der Waals surface area contributed by atoms with Gasteiger partial charge >= 0.3 is 0 Å². The lowest BCUT2D eigenvalue weighted by molar-refractivity contribution is 0.0710. The van der Waals surface area contributed by atoms with Crippen LogP contribution >= 0.6 is 11.5 Å². The van der Waals surface area contributed by atoms with Gasteiger partial charge < -0.3 is 4.90 Å². The van der Waals surface area contributed by atoms with Crippen molar-refractivity contribution in [2.45, 2.75) is 32.6 Å². The van der Waals surface area contributed by atoms with Crippen LogP contribution in [0.15, 0.2) is 30.5 Å². The van der Waals surface area contributed by atoms with Crippen LogP contribution in [0, 0.1) is 13.8 Å². The zero-order chi connectivity index (χ0) is 18.1. The highest BCUT2D eigenvalue weighted by Gasteiger charge is 2.29. The lowest BCUT2D eigenvalue weighted by atomic mass is 9.90. The largest absolute Gasteiger partial charge is 0.337 e. The summed E-state index contributed by atoms with van der Waals surface area (Å²) >= 11 is 1.18. The van der Waals surface area contributed by atoms with E-state index in [0.29, 0.717) is 17.1 Å². The van der Waals surface area contributed by atoms with Gasteiger partial charge in [0.25, 0.3) is 5.91 Å². The van der Waals surface area contributed by atoms with Crippen molar-refractivity contribution in [1.29, 1.82) is 0 Å². The molecule has 1 saturated heterocycles. The van der Waals surface area contributed by atoms with Crippen molar-refractivity contribution in [3.8, 4) is 11.1 Å². The molecule has 1 aliphatic heterocycles. The molecule has 26 heavy (non-hydrogen) atoms. The summed E-state index contributed by atoms with van der Waals surface area (Å²) in [6, 6.07) is 8.48. The molecule has 6 nitrogen and oxygen atoms in total. The Hall–Kier alpha value is -2.54. The van der Waals surface area contributed by atoms with Gasteiger partial charge in [-0.1, -0.05) is 34.3 Å². The standard InChI is InChI=1S/C19H21N5OS/c1-12-5-7-14(8-6-12)16-10-20-22-17(16)15-4-3-9-24(11-15)19(25)18-13(2)21-23-26-18/h5-8,10,15H,3-4,9,11H2,1-2H3,(H,20,22)/t15-/m1/s1. The molecule has 1 aromatic carbocycles. The Morgan fingerprint density at radius 3 is 2.81 bits per heavy atom. The second-order valence-corrected chi connectivity index (χ2v) is 7.60. The van der Waals surface area contributed by atoms with Gasteiger partial charge in [0.2, 0.25) is 0 Å². The van der Waals surface area contributed by atoms with Gasteiger partial charge in [-0.25, -0.2) is 0 Å². The van der Waals surface area contributed by atoms with Crippen LogP contribution in [0.5, 0.6) is 0 Å². The van der Waals surface area contributed by atoms with E-state index in [1.54, 1.807) is 0 Å². The highest BCUT2D eigenvalue weighted by Crippen LogP contribution is 2.33. The van der Waals surface area contributed by atoms with E-state index < -0.39 is 0 Å². The Kier molecular flexibility index (Phi) is 4.55. The van der Waals surface area contributed by atoms with E-state index in [4.69, 9.17) is 0 Å². The molecule has 1 atom stereocenters. The number of benzene rings is 1. The maximum absolute atomic E-state index is 12.8. The molecule has 134 valence electrons. The summed E-state index contributed by atoms with van der Waals surface area (Å²) in [4.78, 5) is 15.4. The summed E-state index contributed by atoms with van der Waals surface area (Å²) < 4.78 is 3.90. The number of nitrogens with one attached hydrogen (secondary N) is 1. The monoisotopic (exact) mass is 367 g/mol. The number of H-pyrrole nitrogens is 1. The maximum Gasteiger partial charge on any atom is 0.267 e. The smallest absolute Gasteiger partial charge is 0.267 e. The number of hydrogen-bond donors (Lipinski definition) is 1. The van der Waals surface area contributed by atoms with E-state index in [1.165, 1.54) is 17.1 Å². The van der Waals surface area contributed by atoms with Crippen molar-refractivity contribution >= 4 is 17.4 Å². The van der Waals surface area contributed by atoms with Gasteiger partial charge in [0.15, 0.2) is 0 Å². The number of nitrogens with zero attached hydrogens (tertiary/aromatic N) is 4. The van der Waals surface area contributed by atoms with Crippen molar-refractivity contribution in [2.24, 2.45) is 0 Å². The molecule has 7 heteroatoms. The van der Waals surface area contributed by atoms with Crippen LogP contribution in [-0.4, -0.2) is 43.7 Å². The zero-order valence-electron chi connectivity index (χ0n) is 14.9. The Morgan fingerprint density at radius 2 is 2.08 bits per heavy atom. The number of aromatic amines is 1. The number of carbonyl (C=O) groups excluding carboxylic acids is 1. The quantitative estimate of drug-likeness (QED) is 0.768. The summed E-state index contributed by atoms with van der Waals surface area (Å²) in [6.45, 7) is 5.39. The predicted molar refractivity (Wildman–Crippen MR) is 101 cm³/mol. The molecule has 3 aromatic rings. The van der Waals surface area contributed by atoms with Gasteiger partial charge in [-0.2, -0.15) is 5.10 Å². The van der Waals surface area contributed by atoms with Crippen molar-refractivity contribution in [1.82, 2.24) is 24.7 Å². The highest BCUT2D eigenvalue weighted by atomic mass is 32.1. The minimum atomic E-state index is 0.0404. The van der Waals surface area contributed by atoms with Gasteiger partial charge in [0.05, 0.1) is 11.9 Å². The van der Waals surface area contributed by atoms with Gasteiger partial charge in [-0.05, 0) is 43.8 Å². The Balaban J connectivity index is 1.57. The molecule has 1 amide bonds. The molecule has 1 fully saturated rings. The molecule has 3 heterocycles. The molecule has 1 aliphatic rings. The Bertz CT molecular complexity index is 914. The van der Waals surface area contributed by atoms with Gasteiger partial charge in [0, 0.05) is 30.3 Å². The Morgan fingerprint density at radius 1 is 1.27 bits per heavy atom. The minimum absolute atomic E-state index is 0.0404. The van der Waals surface area contributed by atoms with E-state index in [9.17, 15) is 4.79 Å². The average Bonchev–Trinajstić information content (AvgIpc) is 3.31. The molecule has 0 radical (unpaired) electrons. The third-order valence-corrected chi connectivity index (χ3v) is 5.81. The van der Waals surface area contributed by atoms with E-state index in [1.807, 2.05) is 18.0 Å². The van der Waals surface area contributed by atoms with Crippen LogP contribution in [0.1, 0.15) is 45.4 Å². The predicted octanol–water partition coefficient (Wildman–Crippen LogP) is 3.56. The molecule has 0 bridgehead atoms. The fourth-order valence-corrected chi connectivity index (χ4v) is 4.16.